The summed E-state index contributed by atoms with van der Waals surface area (Å²) in [6.07, 6.45) is 0. The third kappa shape index (κ3) is 3.44. The molecule has 90 valence electrons. The number of thiophene rings is 1. The minimum absolute atomic E-state index is 0.277. The fourth-order valence-corrected chi connectivity index (χ4v) is 3.25. The zero-order valence-corrected chi connectivity index (χ0v) is 13.2. The summed E-state index contributed by atoms with van der Waals surface area (Å²) in [5.41, 5.74) is 0.742. The molecule has 0 aliphatic carbocycles. The van der Waals surface area contributed by atoms with Crippen molar-refractivity contribution in [3.8, 4) is 0 Å². The summed E-state index contributed by atoms with van der Waals surface area (Å²) < 4.78 is 15.3. The van der Waals surface area contributed by atoms with E-state index in [-0.39, 0.29) is 5.82 Å². The van der Waals surface area contributed by atoms with Gasteiger partial charge in [0.05, 0.1) is 4.47 Å². The van der Waals surface area contributed by atoms with Crippen LogP contribution >= 0.6 is 54.8 Å². The Labute approximate surface area is 124 Å². The van der Waals surface area contributed by atoms with Crippen LogP contribution in [0.15, 0.2) is 33.2 Å². The molecule has 6 heteroatoms. The third-order valence-electron chi connectivity index (χ3n) is 2.08. The summed E-state index contributed by atoms with van der Waals surface area (Å²) in [5.74, 6) is -0.277. The predicted molar refractivity (Wildman–Crippen MR) is 78.5 cm³/mol. The van der Waals surface area contributed by atoms with Crippen LogP contribution in [0, 0.1) is 5.82 Å². The van der Waals surface area contributed by atoms with E-state index in [1.807, 2.05) is 12.1 Å². The fraction of sp³-hybridized carbons (Fsp3) is 0.0909. The van der Waals surface area contributed by atoms with Gasteiger partial charge in [0.1, 0.15) is 10.2 Å². The average Bonchev–Trinajstić information content (AvgIpc) is 2.60. The number of nitrogens with one attached hydrogen (secondary N) is 1. The van der Waals surface area contributed by atoms with Gasteiger partial charge in [0, 0.05) is 21.6 Å². The summed E-state index contributed by atoms with van der Waals surface area (Å²) >= 11 is 13.9. The zero-order chi connectivity index (χ0) is 12.4. The molecular formula is C11H7Br2ClFNS. The molecular weight excluding hydrogens is 392 g/mol. The largest absolute Gasteiger partial charge is 0.380 e. The van der Waals surface area contributed by atoms with Crippen molar-refractivity contribution in [2.75, 3.05) is 5.32 Å². The van der Waals surface area contributed by atoms with Crippen molar-refractivity contribution in [3.05, 3.63) is 48.2 Å². The average molecular weight is 400 g/mol. The Kier molecular flexibility index (Phi) is 4.47. The molecule has 0 aliphatic rings. The normalized spacial score (nSPS) is 10.6. The van der Waals surface area contributed by atoms with Crippen molar-refractivity contribution in [1.29, 1.82) is 0 Å². The Morgan fingerprint density at radius 3 is 2.59 bits per heavy atom. The Hall–Kier alpha value is -0.100. The van der Waals surface area contributed by atoms with Gasteiger partial charge in [-0.15, -0.1) is 11.3 Å². The van der Waals surface area contributed by atoms with Crippen LogP contribution in [0.2, 0.25) is 4.34 Å². The Morgan fingerprint density at radius 1 is 1.24 bits per heavy atom. The van der Waals surface area contributed by atoms with Crippen molar-refractivity contribution in [3.63, 3.8) is 0 Å². The first-order valence-electron chi connectivity index (χ1n) is 4.69. The lowest BCUT2D eigenvalue weighted by atomic mass is 10.3. The van der Waals surface area contributed by atoms with Crippen LogP contribution in [0.1, 0.15) is 4.88 Å². The maximum absolute atomic E-state index is 13.3. The van der Waals surface area contributed by atoms with E-state index in [1.54, 1.807) is 6.07 Å². The molecule has 0 spiro atoms. The van der Waals surface area contributed by atoms with Crippen molar-refractivity contribution in [2.45, 2.75) is 6.54 Å². The van der Waals surface area contributed by atoms with Crippen LogP contribution in [0.4, 0.5) is 10.1 Å². The van der Waals surface area contributed by atoms with Crippen molar-refractivity contribution >= 4 is 60.5 Å². The molecule has 17 heavy (non-hydrogen) atoms. The molecule has 2 rings (SSSR count). The maximum Gasteiger partial charge on any atom is 0.139 e. The zero-order valence-electron chi connectivity index (χ0n) is 8.44. The molecule has 0 radical (unpaired) electrons. The van der Waals surface area contributed by atoms with Crippen molar-refractivity contribution in [2.24, 2.45) is 0 Å². The monoisotopic (exact) mass is 397 g/mol. The molecule has 0 saturated carbocycles. The molecule has 1 aromatic heterocycles. The molecule has 0 bridgehead atoms. The Morgan fingerprint density at radius 2 is 2.00 bits per heavy atom. The van der Waals surface area contributed by atoms with Crippen LogP contribution in [0.3, 0.4) is 0 Å². The molecule has 0 amide bonds. The van der Waals surface area contributed by atoms with Gasteiger partial charge in [-0.3, -0.25) is 0 Å². The molecule has 0 aliphatic heterocycles. The van der Waals surface area contributed by atoms with E-state index < -0.39 is 0 Å². The van der Waals surface area contributed by atoms with Crippen LogP contribution in [0.25, 0.3) is 0 Å². The van der Waals surface area contributed by atoms with Crippen LogP contribution < -0.4 is 5.32 Å². The summed E-state index contributed by atoms with van der Waals surface area (Å²) in [6, 6.07) is 6.90. The van der Waals surface area contributed by atoms with Gasteiger partial charge >= 0.3 is 0 Å². The van der Waals surface area contributed by atoms with Gasteiger partial charge in [0.15, 0.2) is 0 Å². The molecule has 1 aromatic carbocycles. The Balaban J connectivity index is 2.04. The lowest BCUT2D eigenvalue weighted by Crippen LogP contribution is -1.97. The van der Waals surface area contributed by atoms with Crippen molar-refractivity contribution in [1.82, 2.24) is 0 Å². The van der Waals surface area contributed by atoms with E-state index in [2.05, 4.69) is 37.2 Å². The predicted octanol–water partition coefficient (Wildman–Crippen LogP) is 5.68. The van der Waals surface area contributed by atoms with E-state index in [0.29, 0.717) is 11.0 Å². The standard InChI is InChI=1S/C11H7Br2ClFNS/c12-8-2-1-6(3-10(8)15)16-5-7-4-9(13)11(14)17-7/h1-4,16H,5H2. The van der Waals surface area contributed by atoms with Gasteiger partial charge in [0.25, 0.3) is 0 Å². The summed E-state index contributed by atoms with van der Waals surface area (Å²) in [7, 11) is 0. The molecule has 0 atom stereocenters. The first-order chi connectivity index (χ1) is 8.06. The molecule has 0 saturated heterocycles. The van der Waals surface area contributed by atoms with E-state index in [1.165, 1.54) is 17.4 Å². The number of rotatable bonds is 3. The summed E-state index contributed by atoms with van der Waals surface area (Å²) in [4.78, 5) is 1.09. The number of hydrogen-bond acceptors (Lipinski definition) is 2. The molecule has 0 unspecified atom stereocenters. The van der Waals surface area contributed by atoms with Gasteiger partial charge in [-0.05, 0) is 56.1 Å². The van der Waals surface area contributed by atoms with E-state index in [0.717, 1.165) is 19.4 Å². The van der Waals surface area contributed by atoms with Gasteiger partial charge < -0.3 is 5.32 Å². The molecule has 2 aromatic rings. The first-order valence-corrected chi connectivity index (χ1v) is 7.47. The maximum atomic E-state index is 13.3. The summed E-state index contributed by atoms with van der Waals surface area (Å²) in [5, 5.41) is 3.14. The minimum Gasteiger partial charge on any atom is -0.380 e. The molecule has 1 N–H and O–H groups in total. The fourth-order valence-electron chi connectivity index (χ4n) is 1.27. The topological polar surface area (TPSA) is 12.0 Å². The second kappa shape index (κ2) is 5.69. The molecule has 0 fully saturated rings. The minimum atomic E-state index is -0.277. The van der Waals surface area contributed by atoms with Crippen LogP contribution in [0.5, 0.6) is 0 Å². The highest BCUT2D eigenvalue weighted by Gasteiger charge is 2.05. The van der Waals surface area contributed by atoms with E-state index in [9.17, 15) is 4.39 Å². The number of halogens is 4. The lowest BCUT2D eigenvalue weighted by molar-refractivity contribution is 0.621. The number of anilines is 1. The van der Waals surface area contributed by atoms with Gasteiger partial charge in [-0.2, -0.15) is 0 Å². The smallest absolute Gasteiger partial charge is 0.139 e. The van der Waals surface area contributed by atoms with E-state index >= 15 is 0 Å². The third-order valence-corrected chi connectivity index (χ3v) is 5.20. The van der Waals surface area contributed by atoms with Crippen molar-refractivity contribution < 1.29 is 4.39 Å². The highest BCUT2D eigenvalue weighted by molar-refractivity contribution is 9.10. The Bertz CT molecular complexity index is 525. The molecule has 1 heterocycles. The highest BCUT2D eigenvalue weighted by Crippen LogP contribution is 2.32. The van der Waals surface area contributed by atoms with Crippen LogP contribution in [-0.2, 0) is 6.54 Å². The van der Waals surface area contributed by atoms with Gasteiger partial charge in [0.2, 0.25) is 0 Å². The molecule has 1 nitrogen and oxygen atoms in total. The van der Waals surface area contributed by atoms with Gasteiger partial charge in [-0.1, -0.05) is 11.6 Å². The van der Waals surface area contributed by atoms with E-state index in [4.69, 9.17) is 11.6 Å². The second-order valence-electron chi connectivity index (χ2n) is 3.32. The lowest BCUT2D eigenvalue weighted by Gasteiger charge is -2.05. The summed E-state index contributed by atoms with van der Waals surface area (Å²) in [6.45, 7) is 0.622. The number of benzene rings is 1. The highest BCUT2D eigenvalue weighted by atomic mass is 79.9. The SMILES string of the molecule is Fc1cc(NCc2cc(Br)c(Cl)s2)ccc1Br. The number of hydrogen-bond donors (Lipinski definition) is 1. The quantitative estimate of drug-likeness (QED) is 0.700. The van der Waals surface area contributed by atoms with Crippen LogP contribution in [-0.4, -0.2) is 0 Å². The van der Waals surface area contributed by atoms with Gasteiger partial charge in [-0.25, -0.2) is 4.39 Å². The first kappa shape index (κ1) is 13.3. The second-order valence-corrected chi connectivity index (χ2v) is 6.76.